The van der Waals surface area contributed by atoms with Crippen LogP contribution < -0.4 is 0 Å². The van der Waals surface area contributed by atoms with Crippen molar-refractivity contribution < 1.29 is 9.18 Å². The average molecular weight is 304 g/mol. The first kappa shape index (κ1) is 14.6. The maximum Gasteiger partial charge on any atom is 0.257 e. The van der Waals surface area contributed by atoms with Gasteiger partial charge in [-0.3, -0.25) is 4.79 Å². The summed E-state index contributed by atoms with van der Waals surface area (Å²) in [7, 11) is 0. The molecule has 1 aromatic carbocycles. The molecular formula is C14H16Cl2FNO. The fourth-order valence-electron chi connectivity index (χ4n) is 2.20. The first-order chi connectivity index (χ1) is 9.15. The predicted octanol–water partition coefficient (Wildman–Crippen LogP) is 4.10. The fraction of sp³-hybridized carbons (Fsp3) is 0.500. The molecule has 0 aromatic heterocycles. The molecule has 0 bridgehead atoms. The van der Waals surface area contributed by atoms with Gasteiger partial charge in [-0.15, -0.1) is 11.6 Å². The second-order valence-electron chi connectivity index (χ2n) is 4.73. The average Bonchev–Trinajstić information content (AvgIpc) is 2.34. The van der Waals surface area contributed by atoms with Gasteiger partial charge < -0.3 is 4.90 Å². The molecule has 0 heterocycles. The van der Waals surface area contributed by atoms with Crippen molar-refractivity contribution in [1.29, 1.82) is 0 Å². The standard InChI is InChI=1S/C14H16Cl2FNO/c15-8-3-9-18(10-4-1-5-10)14(19)11-6-2-7-12(16)13(11)17/h2,6-7,10H,1,3-5,8-9H2. The lowest BCUT2D eigenvalue weighted by Crippen LogP contribution is -2.45. The van der Waals surface area contributed by atoms with Crippen molar-refractivity contribution in [2.75, 3.05) is 12.4 Å². The molecule has 1 aliphatic rings. The molecule has 0 N–H and O–H groups in total. The van der Waals surface area contributed by atoms with E-state index < -0.39 is 5.82 Å². The zero-order valence-corrected chi connectivity index (χ0v) is 12.1. The largest absolute Gasteiger partial charge is 0.336 e. The van der Waals surface area contributed by atoms with Crippen LogP contribution in [0.5, 0.6) is 0 Å². The van der Waals surface area contributed by atoms with Gasteiger partial charge in [-0.1, -0.05) is 17.7 Å². The van der Waals surface area contributed by atoms with E-state index in [-0.39, 0.29) is 22.5 Å². The first-order valence-corrected chi connectivity index (χ1v) is 7.37. The minimum Gasteiger partial charge on any atom is -0.336 e. The number of halogens is 3. The summed E-state index contributed by atoms with van der Waals surface area (Å²) in [5.41, 5.74) is 0.0500. The Hall–Kier alpha value is -0.800. The molecule has 1 aliphatic carbocycles. The maximum absolute atomic E-state index is 13.9. The minimum atomic E-state index is -0.635. The Morgan fingerprint density at radius 2 is 2.16 bits per heavy atom. The van der Waals surface area contributed by atoms with Gasteiger partial charge >= 0.3 is 0 Å². The van der Waals surface area contributed by atoms with Gasteiger partial charge in [0, 0.05) is 18.5 Å². The zero-order valence-electron chi connectivity index (χ0n) is 10.5. The molecule has 0 unspecified atom stereocenters. The number of hydrogen-bond acceptors (Lipinski definition) is 1. The summed E-state index contributed by atoms with van der Waals surface area (Å²) in [6.45, 7) is 0.568. The molecule has 5 heteroatoms. The summed E-state index contributed by atoms with van der Waals surface area (Å²) in [6, 6.07) is 4.74. The highest BCUT2D eigenvalue weighted by Gasteiger charge is 2.30. The van der Waals surface area contributed by atoms with Crippen molar-refractivity contribution in [3.63, 3.8) is 0 Å². The van der Waals surface area contributed by atoms with Gasteiger partial charge in [-0.25, -0.2) is 4.39 Å². The van der Waals surface area contributed by atoms with Crippen LogP contribution in [0.2, 0.25) is 5.02 Å². The van der Waals surface area contributed by atoms with E-state index in [2.05, 4.69) is 0 Å². The Labute approximate surface area is 122 Å². The molecule has 0 saturated heterocycles. The molecule has 1 aromatic rings. The van der Waals surface area contributed by atoms with Crippen LogP contribution in [-0.4, -0.2) is 29.3 Å². The Bertz CT molecular complexity index is 463. The molecular weight excluding hydrogens is 288 g/mol. The highest BCUT2D eigenvalue weighted by Crippen LogP contribution is 2.28. The third kappa shape index (κ3) is 3.21. The lowest BCUT2D eigenvalue weighted by molar-refractivity contribution is 0.0576. The molecule has 104 valence electrons. The van der Waals surface area contributed by atoms with Gasteiger partial charge in [0.05, 0.1) is 10.6 Å². The van der Waals surface area contributed by atoms with Crippen LogP contribution in [0.25, 0.3) is 0 Å². The number of carbonyl (C=O) groups is 1. The second kappa shape index (κ2) is 6.58. The zero-order chi connectivity index (χ0) is 13.8. The highest BCUT2D eigenvalue weighted by atomic mass is 35.5. The van der Waals surface area contributed by atoms with Crippen LogP contribution in [0.4, 0.5) is 4.39 Å². The van der Waals surface area contributed by atoms with E-state index in [4.69, 9.17) is 23.2 Å². The van der Waals surface area contributed by atoms with E-state index in [0.717, 1.165) is 19.3 Å². The van der Waals surface area contributed by atoms with Crippen molar-refractivity contribution in [2.45, 2.75) is 31.7 Å². The summed E-state index contributed by atoms with van der Waals surface area (Å²) >= 11 is 11.4. The molecule has 1 amide bonds. The normalized spacial score (nSPS) is 15.1. The molecule has 1 fully saturated rings. The smallest absolute Gasteiger partial charge is 0.257 e. The van der Waals surface area contributed by atoms with Crippen molar-refractivity contribution in [1.82, 2.24) is 4.90 Å². The Morgan fingerprint density at radius 3 is 2.74 bits per heavy atom. The number of hydrogen-bond donors (Lipinski definition) is 0. The third-order valence-corrected chi connectivity index (χ3v) is 4.05. The number of rotatable bonds is 5. The Kier molecular flexibility index (Phi) is 5.06. The van der Waals surface area contributed by atoms with Gasteiger partial charge in [-0.05, 0) is 37.8 Å². The van der Waals surface area contributed by atoms with E-state index in [9.17, 15) is 9.18 Å². The Balaban J connectivity index is 2.20. The number of carbonyl (C=O) groups excluding carboxylic acids is 1. The molecule has 0 atom stereocenters. The lowest BCUT2D eigenvalue weighted by atomic mass is 9.90. The quantitative estimate of drug-likeness (QED) is 0.750. The van der Waals surface area contributed by atoms with Crippen LogP contribution in [0.1, 0.15) is 36.0 Å². The summed E-state index contributed by atoms with van der Waals surface area (Å²) in [5.74, 6) is -0.423. The van der Waals surface area contributed by atoms with Gasteiger partial charge in [-0.2, -0.15) is 0 Å². The lowest BCUT2D eigenvalue weighted by Gasteiger charge is -2.37. The van der Waals surface area contributed by atoms with E-state index in [1.165, 1.54) is 12.1 Å². The molecule has 0 radical (unpaired) electrons. The van der Waals surface area contributed by atoms with E-state index in [1.54, 1.807) is 11.0 Å². The van der Waals surface area contributed by atoms with Gasteiger partial charge in [0.1, 0.15) is 0 Å². The number of benzene rings is 1. The molecule has 1 saturated carbocycles. The molecule has 2 rings (SSSR count). The molecule has 2 nitrogen and oxygen atoms in total. The minimum absolute atomic E-state index is 0.0169. The van der Waals surface area contributed by atoms with Gasteiger partial charge in [0.25, 0.3) is 5.91 Å². The second-order valence-corrected chi connectivity index (χ2v) is 5.51. The van der Waals surface area contributed by atoms with Crippen molar-refractivity contribution in [2.24, 2.45) is 0 Å². The van der Waals surface area contributed by atoms with E-state index >= 15 is 0 Å². The molecule has 0 aliphatic heterocycles. The monoisotopic (exact) mass is 303 g/mol. The topological polar surface area (TPSA) is 20.3 Å². The fourth-order valence-corrected chi connectivity index (χ4v) is 2.50. The van der Waals surface area contributed by atoms with Crippen LogP contribution in [0.3, 0.4) is 0 Å². The van der Waals surface area contributed by atoms with Crippen LogP contribution in [0, 0.1) is 5.82 Å². The SMILES string of the molecule is O=C(c1cccc(Cl)c1F)N(CCCCl)C1CCC1. The number of alkyl halides is 1. The van der Waals surface area contributed by atoms with Gasteiger partial charge in [0.15, 0.2) is 5.82 Å². The van der Waals surface area contributed by atoms with Crippen molar-refractivity contribution >= 4 is 29.1 Å². The highest BCUT2D eigenvalue weighted by molar-refractivity contribution is 6.31. The molecule has 19 heavy (non-hydrogen) atoms. The van der Waals surface area contributed by atoms with Crippen molar-refractivity contribution in [3.8, 4) is 0 Å². The van der Waals surface area contributed by atoms with E-state index in [0.29, 0.717) is 18.8 Å². The summed E-state index contributed by atoms with van der Waals surface area (Å²) in [6.07, 6.45) is 3.80. The number of amides is 1. The predicted molar refractivity (Wildman–Crippen MR) is 75.4 cm³/mol. The van der Waals surface area contributed by atoms with Crippen LogP contribution in [0.15, 0.2) is 18.2 Å². The van der Waals surface area contributed by atoms with Crippen LogP contribution in [-0.2, 0) is 0 Å². The van der Waals surface area contributed by atoms with E-state index in [1.807, 2.05) is 0 Å². The third-order valence-electron chi connectivity index (χ3n) is 3.49. The maximum atomic E-state index is 13.9. The molecule has 0 spiro atoms. The summed E-state index contributed by atoms with van der Waals surface area (Å²) in [4.78, 5) is 14.2. The number of nitrogens with zero attached hydrogens (tertiary/aromatic N) is 1. The van der Waals surface area contributed by atoms with Crippen LogP contribution >= 0.6 is 23.2 Å². The summed E-state index contributed by atoms with van der Waals surface area (Å²) < 4.78 is 13.9. The van der Waals surface area contributed by atoms with Crippen molar-refractivity contribution in [3.05, 3.63) is 34.6 Å². The van der Waals surface area contributed by atoms with Gasteiger partial charge in [0.2, 0.25) is 0 Å². The Morgan fingerprint density at radius 1 is 1.42 bits per heavy atom. The first-order valence-electron chi connectivity index (χ1n) is 6.46. The summed E-state index contributed by atoms with van der Waals surface area (Å²) in [5, 5.41) is -0.0169.